The van der Waals surface area contributed by atoms with E-state index in [1.165, 1.54) is 18.3 Å². The summed E-state index contributed by atoms with van der Waals surface area (Å²) in [6, 6.07) is 12.8. The van der Waals surface area contributed by atoms with Gasteiger partial charge in [0.2, 0.25) is 0 Å². The van der Waals surface area contributed by atoms with Gasteiger partial charge in [-0.1, -0.05) is 40.2 Å². The zero-order valence-electron chi connectivity index (χ0n) is 10.7. The molecule has 5 nitrogen and oxygen atoms in total. The van der Waals surface area contributed by atoms with E-state index in [2.05, 4.69) is 26.5 Å². The molecule has 0 aliphatic heterocycles. The number of halogens is 1. The summed E-state index contributed by atoms with van der Waals surface area (Å²) in [5, 5.41) is 14.4. The molecule has 0 aliphatic rings. The Kier molecular flexibility index (Phi) is 4.84. The van der Waals surface area contributed by atoms with E-state index in [1.807, 2.05) is 0 Å². The van der Waals surface area contributed by atoms with Crippen molar-refractivity contribution >= 4 is 34.0 Å². The molecule has 0 fully saturated rings. The fourth-order valence-corrected chi connectivity index (χ4v) is 1.80. The van der Waals surface area contributed by atoms with Gasteiger partial charge >= 0.3 is 0 Å². The molecule has 1 N–H and O–H groups in total. The zero-order valence-corrected chi connectivity index (χ0v) is 12.3. The van der Waals surface area contributed by atoms with E-state index in [1.54, 1.807) is 36.4 Å². The lowest BCUT2D eigenvalue weighted by Crippen LogP contribution is -2.22. The van der Waals surface area contributed by atoms with Crippen LogP contribution in [0.3, 0.4) is 0 Å². The summed E-state index contributed by atoms with van der Waals surface area (Å²) in [6.45, 7) is 0. The highest BCUT2D eigenvalue weighted by Crippen LogP contribution is 2.10. The highest BCUT2D eigenvalue weighted by Gasteiger charge is 2.02. The monoisotopic (exact) mass is 345 g/mol. The third-order valence-electron chi connectivity index (χ3n) is 2.63. The summed E-state index contributed by atoms with van der Waals surface area (Å²) in [5.41, 5.74) is 3.63. The van der Waals surface area contributed by atoms with Gasteiger partial charge in [0, 0.05) is 10.0 Å². The number of benzene rings is 2. The molecule has 2 aromatic rings. The fraction of sp³-hybridized carbons (Fsp3) is 0. The van der Waals surface area contributed by atoms with Gasteiger partial charge in [0.25, 0.3) is 5.91 Å². The highest BCUT2D eigenvalue weighted by molar-refractivity contribution is 9.10. The number of rotatable bonds is 4. The minimum absolute atomic E-state index is 0.0889. The first-order chi connectivity index (χ1) is 10.1. The number of hydrazone groups is 1. The van der Waals surface area contributed by atoms with Crippen molar-refractivity contribution in [2.75, 3.05) is 0 Å². The Morgan fingerprint density at radius 1 is 1.00 bits per heavy atom. The van der Waals surface area contributed by atoms with E-state index in [9.17, 15) is 14.7 Å². The number of carboxylic acids is 1. The van der Waals surface area contributed by atoms with Crippen LogP contribution in [0.25, 0.3) is 0 Å². The van der Waals surface area contributed by atoms with Crippen LogP contribution in [-0.2, 0) is 0 Å². The van der Waals surface area contributed by atoms with E-state index >= 15 is 0 Å². The molecule has 0 radical (unpaired) electrons. The first-order valence-electron chi connectivity index (χ1n) is 5.96. The number of nitrogens with one attached hydrogen (secondary N) is 1. The second-order valence-corrected chi connectivity index (χ2v) is 5.03. The minimum Gasteiger partial charge on any atom is -0.545 e. The Morgan fingerprint density at radius 3 is 2.14 bits per heavy atom. The Labute approximate surface area is 129 Å². The molecule has 0 saturated heterocycles. The van der Waals surface area contributed by atoms with Gasteiger partial charge in [-0.15, -0.1) is 0 Å². The van der Waals surface area contributed by atoms with E-state index in [-0.39, 0.29) is 11.5 Å². The Hall–Kier alpha value is -2.47. The van der Waals surface area contributed by atoms with E-state index in [4.69, 9.17) is 0 Å². The summed E-state index contributed by atoms with van der Waals surface area (Å²) in [5.74, 6) is -1.56. The van der Waals surface area contributed by atoms with Crippen LogP contribution >= 0.6 is 15.9 Å². The molecule has 0 heterocycles. The number of carbonyl (C=O) groups excluding carboxylic acids is 2. The minimum atomic E-state index is -1.23. The van der Waals surface area contributed by atoms with Crippen molar-refractivity contribution in [3.05, 3.63) is 69.7 Å². The number of amides is 1. The SMILES string of the molecule is O=C([O-])c1ccc(/C=N/NC(=O)c2ccc(Br)cc2)cc1. The lowest BCUT2D eigenvalue weighted by molar-refractivity contribution is -0.255. The predicted molar refractivity (Wildman–Crippen MR) is 80.0 cm³/mol. The van der Waals surface area contributed by atoms with Crippen LogP contribution in [0.15, 0.2) is 58.1 Å². The van der Waals surface area contributed by atoms with E-state index in [0.717, 1.165) is 4.47 Å². The van der Waals surface area contributed by atoms with Gasteiger partial charge in [0.05, 0.1) is 12.2 Å². The number of carbonyl (C=O) groups is 2. The smallest absolute Gasteiger partial charge is 0.271 e. The molecular weight excluding hydrogens is 336 g/mol. The molecule has 2 rings (SSSR count). The average Bonchev–Trinajstić information content (AvgIpc) is 2.48. The first-order valence-corrected chi connectivity index (χ1v) is 6.76. The second kappa shape index (κ2) is 6.81. The molecule has 0 atom stereocenters. The first kappa shape index (κ1) is 14.9. The lowest BCUT2D eigenvalue weighted by atomic mass is 10.1. The Morgan fingerprint density at radius 2 is 1.57 bits per heavy atom. The number of nitrogens with zero attached hydrogens (tertiary/aromatic N) is 1. The summed E-state index contributed by atoms with van der Waals surface area (Å²) in [4.78, 5) is 22.4. The molecular formula is C15H10BrN2O3-. The zero-order chi connectivity index (χ0) is 15.2. The molecule has 21 heavy (non-hydrogen) atoms. The Bertz CT molecular complexity index is 679. The molecule has 106 valence electrons. The molecule has 0 unspecified atom stereocenters. The summed E-state index contributed by atoms with van der Waals surface area (Å²) >= 11 is 3.29. The molecule has 6 heteroatoms. The maximum absolute atomic E-state index is 11.8. The van der Waals surface area contributed by atoms with Crippen molar-refractivity contribution in [2.24, 2.45) is 5.10 Å². The second-order valence-electron chi connectivity index (χ2n) is 4.12. The number of hydrogen-bond acceptors (Lipinski definition) is 4. The maximum Gasteiger partial charge on any atom is 0.271 e. The molecule has 0 saturated carbocycles. The molecule has 0 aliphatic carbocycles. The van der Waals surface area contributed by atoms with Gasteiger partial charge in [-0.25, -0.2) is 5.43 Å². The largest absolute Gasteiger partial charge is 0.545 e. The van der Waals surface area contributed by atoms with E-state index < -0.39 is 5.97 Å². The van der Waals surface area contributed by atoms with Crippen LogP contribution < -0.4 is 10.5 Å². The Balaban J connectivity index is 1.97. The summed E-state index contributed by atoms with van der Waals surface area (Å²) in [7, 11) is 0. The molecule has 1 amide bonds. The predicted octanol–water partition coefficient (Wildman–Crippen LogP) is 1.58. The number of carboxylic acid groups (broad SMARTS) is 1. The van der Waals surface area contributed by atoms with Crippen LogP contribution in [-0.4, -0.2) is 18.1 Å². The van der Waals surface area contributed by atoms with Gasteiger partial charge in [-0.3, -0.25) is 4.79 Å². The standard InChI is InChI=1S/C15H11BrN2O3/c16-13-7-5-11(6-8-13)14(19)18-17-9-10-1-3-12(4-2-10)15(20)21/h1-9H,(H,18,19)(H,20,21)/p-1/b17-9+. The summed E-state index contributed by atoms with van der Waals surface area (Å²) in [6.07, 6.45) is 1.43. The third-order valence-corrected chi connectivity index (χ3v) is 3.16. The van der Waals surface area contributed by atoms with Crippen molar-refractivity contribution < 1.29 is 14.7 Å². The third kappa shape index (κ3) is 4.25. The van der Waals surface area contributed by atoms with Crippen molar-refractivity contribution in [3.8, 4) is 0 Å². The topological polar surface area (TPSA) is 81.6 Å². The van der Waals surface area contributed by atoms with Crippen LogP contribution in [0.5, 0.6) is 0 Å². The van der Waals surface area contributed by atoms with Crippen LogP contribution in [0, 0.1) is 0 Å². The fourth-order valence-electron chi connectivity index (χ4n) is 1.54. The summed E-state index contributed by atoms with van der Waals surface area (Å²) < 4.78 is 0.885. The molecule has 2 aromatic carbocycles. The van der Waals surface area contributed by atoms with Gasteiger partial charge < -0.3 is 9.90 Å². The van der Waals surface area contributed by atoms with Crippen molar-refractivity contribution in [2.45, 2.75) is 0 Å². The van der Waals surface area contributed by atoms with Gasteiger partial charge in [-0.05, 0) is 35.4 Å². The molecule has 0 bridgehead atoms. The molecule has 0 aromatic heterocycles. The average molecular weight is 346 g/mol. The lowest BCUT2D eigenvalue weighted by Gasteiger charge is -2.02. The van der Waals surface area contributed by atoms with Crippen LogP contribution in [0.2, 0.25) is 0 Å². The quantitative estimate of drug-likeness (QED) is 0.674. The van der Waals surface area contributed by atoms with Gasteiger partial charge in [-0.2, -0.15) is 5.10 Å². The van der Waals surface area contributed by atoms with Crippen LogP contribution in [0.1, 0.15) is 26.3 Å². The van der Waals surface area contributed by atoms with Gasteiger partial charge in [0.15, 0.2) is 0 Å². The van der Waals surface area contributed by atoms with Gasteiger partial charge in [0.1, 0.15) is 0 Å². The van der Waals surface area contributed by atoms with Crippen LogP contribution in [0.4, 0.5) is 0 Å². The van der Waals surface area contributed by atoms with Crippen molar-refractivity contribution in [3.63, 3.8) is 0 Å². The number of hydrogen-bond donors (Lipinski definition) is 1. The normalized spacial score (nSPS) is 10.5. The number of aromatic carboxylic acids is 1. The van der Waals surface area contributed by atoms with Crippen molar-refractivity contribution in [1.82, 2.24) is 5.43 Å². The molecule has 0 spiro atoms. The van der Waals surface area contributed by atoms with Crippen molar-refractivity contribution in [1.29, 1.82) is 0 Å². The maximum atomic E-state index is 11.8. The van der Waals surface area contributed by atoms with E-state index in [0.29, 0.717) is 11.1 Å². The highest BCUT2D eigenvalue weighted by atomic mass is 79.9.